The molecule has 0 aliphatic heterocycles. The van der Waals surface area contributed by atoms with Gasteiger partial charge in [0.15, 0.2) is 0 Å². The molecule has 0 radical (unpaired) electrons. The fourth-order valence-electron chi connectivity index (χ4n) is 3.24. The number of pyridine rings is 2. The van der Waals surface area contributed by atoms with Gasteiger partial charge in [-0.3, -0.25) is 4.79 Å². The maximum absolute atomic E-state index is 13.8. The van der Waals surface area contributed by atoms with Gasteiger partial charge in [0.05, 0.1) is 32.2 Å². The van der Waals surface area contributed by atoms with Gasteiger partial charge in [-0.15, -0.1) is 0 Å². The van der Waals surface area contributed by atoms with Gasteiger partial charge in [-0.05, 0) is 37.3 Å². The number of H-pyrrole nitrogens is 1. The standard InChI is InChI=1S/C21H17Cl2FN4O4S/c1-10(29)8-26-33(31,32)12-5-16(22)20(17(23)6-12)28-21-14-7-19(30)25-9-15(14)13-4-11(24)2-3-18(13)27-21/h2-7,9-10,26,29H,8H2,1H3,(H,25,30)(H,27,28)/t10-/m1/s1. The van der Waals surface area contributed by atoms with Crippen molar-refractivity contribution in [3.8, 4) is 0 Å². The molecule has 0 amide bonds. The number of anilines is 2. The van der Waals surface area contributed by atoms with Crippen LogP contribution in [0.15, 0.2) is 52.3 Å². The van der Waals surface area contributed by atoms with Gasteiger partial charge in [0, 0.05) is 35.0 Å². The predicted molar refractivity (Wildman–Crippen MR) is 126 cm³/mol. The molecule has 2 aromatic heterocycles. The Labute approximate surface area is 197 Å². The monoisotopic (exact) mass is 510 g/mol. The Bertz CT molecular complexity index is 1530. The molecular formula is C21H17Cl2FN4O4S. The van der Waals surface area contributed by atoms with Crippen molar-refractivity contribution < 1.29 is 17.9 Å². The number of aliphatic hydroxyl groups is 1. The molecule has 0 aliphatic rings. The third kappa shape index (κ3) is 4.80. The molecule has 8 nitrogen and oxygen atoms in total. The summed E-state index contributed by atoms with van der Waals surface area (Å²) in [5.41, 5.74) is 0.224. The number of hydrogen-bond donors (Lipinski definition) is 4. The van der Waals surface area contributed by atoms with Gasteiger partial charge >= 0.3 is 0 Å². The lowest BCUT2D eigenvalue weighted by Crippen LogP contribution is -2.30. The highest BCUT2D eigenvalue weighted by atomic mass is 35.5. The lowest BCUT2D eigenvalue weighted by Gasteiger charge is -2.15. The first-order valence-corrected chi connectivity index (χ1v) is 11.8. The van der Waals surface area contributed by atoms with Gasteiger partial charge in [-0.1, -0.05) is 23.2 Å². The molecule has 0 spiro atoms. The van der Waals surface area contributed by atoms with Crippen molar-refractivity contribution in [3.05, 3.63) is 68.8 Å². The first-order valence-electron chi connectivity index (χ1n) is 9.60. The van der Waals surface area contributed by atoms with Gasteiger partial charge in [0.2, 0.25) is 15.6 Å². The van der Waals surface area contributed by atoms with Crippen molar-refractivity contribution in [1.82, 2.24) is 14.7 Å². The van der Waals surface area contributed by atoms with E-state index in [0.29, 0.717) is 21.7 Å². The van der Waals surface area contributed by atoms with Crippen molar-refractivity contribution in [2.45, 2.75) is 17.9 Å². The molecule has 0 fully saturated rings. The van der Waals surface area contributed by atoms with Crippen LogP contribution in [0.25, 0.3) is 21.7 Å². The zero-order valence-corrected chi connectivity index (χ0v) is 19.3. The maximum atomic E-state index is 13.8. The van der Waals surface area contributed by atoms with Crippen LogP contribution in [-0.4, -0.2) is 36.1 Å². The summed E-state index contributed by atoms with van der Waals surface area (Å²) in [7, 11) is -3.97. The largest absolute Gasteiger partial charge is 0.392 e. The molecule has 0 unspecified atom stereocenters. The summed E-state index contributed by atoms with van der Waals surface area (Å²) in [4.78, 5) is 18.8. The smallest absolute Gasteiger partial charge is 0.248 e. The van der Waals surface area contributed by atoms with Crippen LogP contribution in [0.2, 0.25) is 10.0 Å². The van der Waals surface area contributed by atoms with Crippen molar-refractivity contribution in [1.29, 1.82) is 0 Å². The molecule has 4 rings (SSSR count). The molecule has 4 aromatic rings. The number of sulfonamides is 1. The maximum Gasteiger partial charge on any atom is 0.248 e. The minimum absolute atomic E-state index is 0.0149. The number of nitrogens with one attached hydrogen (secondary N) is 3. The predicted octanol–water partition coefficient (Wildman–Crippen LogP) is 3.92. The number of aromatic amines is 1. The number of aromatic nitrogens is 2. The molecule has 2 heterocycles. The van der Waals surface area contributed by atoms with Crippen LogP contribution in [0, 0.1) is 5.82 Å². The van der Waals surface area contributed by atoms with Crippen molar-refractivity contribution >= 4 is 66.4 Å². The minimum Gasteiger partial charge on any atom is -0.392 e. The van der Waals surface area contributed by atoms with E-state index in [2.05, 4.69) is 20.0 Å². The van der Waals surface area contributed by atoms with E-state index < -0.39 is 27.5 Å². The van der Waals surface area contributed by atoms with E-state index in [9.17, 15) is 22.7 Å². The highest BCUT2D eigenvalue weighted by molar-refractivity contribution is 7.89. The van der Waals surface area contributed by atoms with E-state index >= 15 is 0 Å². The second-order valence-electron chi connectivity index (χ2n) is 7.33. The molecule has 1 atom stereocenters. The third-order valence-corrected chi connectivity index (χ3v) is 6.80. The second-order valence-corrected chi connectivity index (χ2v) is 9.92. The molecule has 12 heteroatoms. The first kappa shape index (κ1) is 23.4. The van der Waals surface area contributed by atoms with Gasteiger partial charge in [-0.2, -0.15) is 0 Å². The van der Waals surface area contributed by atoms with E-state index in [4.69, 9.17) is 23.2 Å². The van der Waals surface area contributed by atoms with E-state index in [1.54, 1.807) is 0 Å². The molecule has 2 aromatic carbocycles. The zero-order chi connectivity index (χ0) is 23.9. The Morgan fingerprint density at radius 1 is 1.12 bits per heavy atom. The Kier molecular flexibility index (Phi) is 6.30. The number of hydrogen-bond acceptors (Lipinski definition) is 6. The van der Waals surface area contributed by atoms with Crippen LogP contribution < -0.4 is 15.6 Å². The average Bonchev–Trinajstić information content (AvgIpc) is 2.75. The minimum atomic E-state index is -3.97. The normalized spacial score (nSPS) is 12.9. The molecule has 4 N–H and O–H groups in total. The summed E-state index contributed by atoms with van der Waals surface area (Å²) in [5, 5.41) is 13.7. The van der Waals surface area contributed by atoms with E-state index in [1.165, 1.54) is 49.5 Å². The Hall–Kier alpha value is -2.76. The summed E-state index contributed by atoms with van der Waals surface area (Å²) in [6.07, 6.45) is 0.578. The zero-order valence-electron chi connectivity index (χ0n) is 17.0. The van der Waals surface area contributed by atoms with Crippen LogP contribution in [0.3, 0.4) is 0 Å². The Morgan fingerprint density at radius 2 is 1.82 bits per heavy atom. The average molecular weight is 511 g/mol. The summed E-state index contributed by atoms with van der Waals surface area (Å²) in [6, 6.07) is 7.77. The summed E-state index contributed by atoms with van der Waals surface area (Å²) < 4.78 is 41.0. The van der Waals surface area contributed by atoms with Crippen molar-refractivity contribution in [3.63, 3.8) is 0 Å². The van der Waals surface area contributed by atoms with Crippen molar-refractivity contribution in [2.75, 3.05) is 11.9 Å². The fraction of sp³-hybridized carbons (Fsp3) is 0.143. The summed E-state index contributed by atoms with van der Waals surface area (Å²) in [5.74, 6) is -0.230. The highest BCUT2D eigenvalue weighted by Gasteiger charge is 2.20. The molecule has 33 heavy (non-hydrogen) atoms. The van der Waals surface area contributed by atoms with Gasteiger partial charge < -0.3 is 15.4 Å². The SMILES string of the molecule is C[C@@H](O)CNS(=O)(=O)c1cc(Cl)c(Nc2nc3ccc(F)cc3c3c[nH]c(=O)cc23)c(Cl)c1. The number of fused-ring (bicyclic) bond motifs is 3. The molecule has 172 valence electrons. The number of benzene rings is 2. The molecule has 0 saturated heterocycles. The second kappa shape index (κ2) is 8.88. The Morgan fingerprint density at radius 3 is 2.48 bits per heavy atom. The number of halogens is 3. The van der Waals surface area contributed by atoms with E-state index in [1.807, 2.05) is 0 Å². The van der Waals surface area contributed by atoms with Crippen LogP contribution >= 0.6 is 23.2 Å². The number of aliphatic hydroxyl groups excluding tert-OH is 1. The Balaban J connectivity index is 1.82. The molecule has 0 aliphatic carbocycles. The molecule has 0 bridgehead atoms. The van der Waals surface area contributed by atoms with Crippen LogP contribution in [-0.2, 0) is 10.0 Å². The first-order chi connectivity index (χ1) is 15.5. The highest BCUT2D eigenvalue weighted by Crippen LogP contribution is 2.37. The van der Waals surface area contributed by atoms with Gasteiger partial charge in [-0.25, -0.2) is 22.5 Å². The van der Waals surface area contributed by atoms with Crippen LogP contribution in [0.4, 0.5) is 15.9 Å². The van der Waals surface area contributed by atoms with Gasteiger partial charge in [0.1, 0.15) is 11.6 Å². The van der Waals surface area contributed by atoms with E-state index in [0.717, 1.165) is 0 Å². The van der Waals surface area contributed by atoms with Crippen molar-refractivity contribution in [2.24, 2.45) is 0 Å². The lowest BCUT2D eigenvalue weighted by atomic mass is 10.1. The van der Waals surface area contributed by atoms with Gasteiger partial charge in [0.25, 0.3) is 0 Å². The van der Waals surface area contributed by atoms with Crippen LogP contribution in [0.1, 0.15) is 6.92 Å². The number of nitrogens with zero attached hydrogens (tertiary/aromatic N) is 1. The lowest BCUT2D eigenvalue weighted by molar-refractivity contribution is 0.198. The molecule has 0 saturated carbocycles. The van der Waals surface area contributed by atoms with E-state index in [-0.39, 0.29) is 33.0 Å². The number of rotatable bonds is 6. The summed E-state index contributed by atoms with van der Waals surface area (Å²) in [6.45, 7) is 1.26. The summed E-state index contributed by atoms with van der Waals surface area (Å²) >= 11 is 12.7. The van der Waals surface area contributed by atoms with Crippen LogP contribution in [0.5, 0.6) is 0 Å². The third-order valence-electron chi connectivity index (χ3n) is 4.80. The molecular weight excluding hydrogens is 494 g/mol. The topological polar surface area (TPSA) is 124 Å². The fourth-order valence-corrected chi connectivity index (χ4v) is 5.13. The quantitative estimate of drug-likeness (QED) is 0.291.